The molecule has 5 rings (SSSR count). The Bertz CT molecular complexity index is 1770. The van der Waals surface area contributed by atoms with Gasteiger partial charge in [0.1, 0.15) is 17.7 Å². The number of nitro groups is 1. The van der Waals surface area contributed by atoms with E-state index in [2.05, 4.69) is 10.1 Å². The van der Waals surface area contributed by atoms with Gasteiger partial charge in [-0.05, 0) is 67.3 Å². The van der Waals surface area contributed by atoms with Crippen LogP contribution in [0.1, 0.15) is 48.3 Å². The summed E-state index contributed by atoms with van der Waals surface area (Å²) in [5.41, 5.74) is 4.64. The fraction of sp³-hybridized carbons (Fsp3) is 0.433. The van der Waals surface area contributed by atoms with Gasteiger partial charge >= 0.3 is 25.0 Å². The number of hydrogen-bond acceptors (Lipinski definition) is 12. The van der Waals surface area contributed by atoms with E-state index < -0.39 is 55.9 Å². The van der Waals surface area contributed by atoms with Gasteiger partial charge in [0.15, 0.2) is 6.10 Å². The number of anilines is 1. The van der Waals surface area contributed by atoms with Crippen molar-refractivity contribution in [3.8, 4) is 11.5 Å². The molecule has 1 amide bonds. The molecule has 0 aliphatic carbocycles. The smallest absolute Gasteiger partial charge is 0.405 e. The van der Waals surface area contributed by atoms with Gasteiger partial charge in [0.05, 0.1) is 18.1 Å². The second-order valence-electron chi connectivity index (χ2n) is 11.3. The van der Waals surface area contributed by atoms with Gasteiger partial charge in [-0.1, -0.05) is 6.92 Å². The summed E-state index contributed by atoms with van der Waals surface area (Å²) in [6, 6.07) is 11.1. The van der Waals surface area contributed by atoms with E-state index in [0.717, 1.165) is 31.5 Å². The maximum atomic E-state index is 14.9. The minimum Gasteiger partial charge on any atom is -0.450 e. The monoisotopic (exact) mass is 708 g/mol. The molecule has 3 heterocycles. The molecule has 49 heavy (non-hydrogen) atoms. The van der Waals surface area contributed by atoms with Gasteiger partial charge in [0.25, 0.3) is 5.91 Å². The number of aliphatic hydroxyl groups is 1. The molecule has 3 aromatic rings. The zero-order valence-corrected chi connectivity index (χ0v) is 27.2. The van der Waals surface area contributed by atoms with E-state index in [1.165, 1.54) is 30.3 Å². The Morgan fingerprint density at radius 3 is 2.55 bits per heavy atom. The van der Waals surface area contributed by atoms with E-state index in [9.17, 15) is 38.2 Å². The molecule has 0 radical (unpaired) electrons. The molecule has 16 nitrogen and oxygen atoms in total. The summed E-state index contributed by atoms with van der Waals surface area (Å²) in [6.45, 7) is 1.74. The summed E-state index contributed by atoms with van der Waals surface area (Å²) in [5, 5.41) is 24.5. The molecule has 0 saturated carbocycles. The Hall–Kier alpha value is -4.32. The summed E-state index contributed by atoms with van der Waals surface area (Å²) < 4.78 is 65.7. The lowest BCUT2D eigenvalue weighted by Gasteiger charge is -2.26. The number of aromatic nitrogens is 2. The van der Waals surface area contributed by atoms with E-state index in [4.69, 9.17) is 24.3 Å². The van der Waals surface area contributed by atoms with Crippen molar-refractivity contribution in [3.05, 3.63) is 86.5 Å². The van der Waals surface area contributed by atoms with Crippen LogP contribution in [0.4, 0.5) is 20.3 Å². The van der Waals surface area contributed by atoms with E-state index >= 15 is 0 Å². The highest BCUT2D eigenvalue weighted by Gasteiger charge is 2.60. The molecule has 2 aliphatic heterocycles. The molecule has 2 aliphatic rings. The average Bonchev–Trinajstić information content (AvgIpc) is 3.30. The number of nitrogen functional groups attached to an aromatic ring is 1. The number of halogens is 2. The number of carbonyl (C=O) groups is 1. The molecule has 19 heteroatoms. The Morgan fingerprint density at radius 2 is 1.90 bits per heavy atom. The fourth-order valence-corrected chi connectivity index (χ4v) is 6.62. The van der Waals surface area contributed by atoms with Crippen LogP contribution in [-0.2, 0) is 25.0 Å². The number of amides is 1. The van der Waals surface area contributed by atoms with Crippen LogP contribution < -0.4 is 21.2 Å². The lowest BCUT2D eigenvalue weighted by atomic mass is 10.1. The van der Waals surface area contributed by atoms with Crippen LogP contribution in [0.3, 0.4) is 0 Å². The average molecular weight is 709 g/mol. The molecule has 2 fully saturated rings. The maximum absolute atomic E-state index is 14.9. The van der Waals surface area contributed by atoms with Crippen LogP contribution in [0.2, 0.25) is 0 Å². The molecular formula is C30H35F2N6O10P. The molecule has 4 unspecified atom stereocenters. The molecule has 4 atom stereocenters. The highest BCUT2D eigenvalue weighted by Crippen LogP contribution is 2.48. The van der Waals surface area contributed by atoms with Crippen molar-refractivity contribution in [2.24, 2.45) is 0 Å². The number of ether oxygens (including phenoxy) is 2. The van der Waals surface area contributed by atoms with Gasteiger partial charge in [-0.25, -0.2) is 14.4 Å². The maximum Gasteiger partial charge on any atom is 0.405 e. The lowest BCUT2D eigenvalue weighted by Crippen LogP contribution is -2.42. The van der Waals surface area contributed by atoms with Gasteiger partial charge in [0.2, 0.25) is 12.0 Å². The number of piperidine rings is 1. The number of hydrogen-bond donors (Lipinski definition) is 3. The summed E-state index contributed by atoms with van der Waals surface area (Å²) in [7, 11) is -4.25. The molecule has 4 N–H and O–H groups in total. The Morgan fingerprint density at radius 1 is 1.18 bits per heavy atom. The third kappa shape index (κ3) is 8.29. The molecule has 2 saturated heterocycles. The van der Waals surface area contributed by atoms with Crippen molar-refractivity contribution in [1.82, 2.24) is 19.5 Å². The zero-order chi connectivity index (χ0) is 35.3. The largest absolute Gasteiger partial charge is 0.450 e. The minimum absolute atomic E-state index is 0.0571. The highest BCUT2D eigenvalue weighted by atomic mass is 31.2. The van der Waals surface area contributed by atoms with Crippen LogP contribution in [0, 0.1) is 10.1 Å². The zero-order valence-electron chi connectivity index (χ0n) is 26.3. The number of likely N-dealkylation sites (tertiary alicyclic amines) is 1. The van der Waals surface area contributed by atoms with E-state index in [0.29, 0.717) is 23.2 Å². The summed E-state index contributed by atoms with van der Waals surface area (Å²) in [4.78, 5) is 41.2. The number of nitro benzene ring substituents is 1. The Labute approximate surface area is 278 Å². The highest BCUT2D eigenvalue weighted by molar-refractivity contribution is 7.51. The molecule has 0 spiro atoms. The van der Waals surface area contributed by atoms with E-state index in [-0.39, 0.29) is 41.0 Å². The normalized spacial score (nSPS) is 21.6. The number of aliphatic hydroxyl groups excluding tert-OH is 1. The van der Waals surface area contributed by atoms with E-state index in [1.807, 2.05) is 0 Å². The van der Waals surface area contributed by atoms with Crippen molar-refractivity contribution >= 4 is 25.2 Å². The van der Waals surface area contributed by atoms with Gasteiger partial charge < -0.3 is 25.2 Å². The number of rotatable bonds is 13. The summed E-state index contributed by atoms with van der Waals surface area (Å²) in [6.07, 6.45) is -2.53. The first-order valence-corrected chi connectivity index (χ1v) is 16.9. The third-order valence-electron chi connectivity index (χ3n) is 7.84. The second-order valence-corrected chi connectivity index (χ2v) is 13.1. The number of carbonyl (C=O) groups excluding carboxylic acids is 1. The Kier molecular flexibility index (Phi) is 11.1. The first-order valence-electron chi connectivity index (χ1n) is 15.4. The van der Waals surface area contributed by atoms with Crippen LogP contribution in [-0.4, -0.2) is 74.8 Å². The van der Waals surface area contributed by atoms with Gasteiger partial charge in [-0.3, -0.25) is 28.5 Å². The summed E-state index contributed by atoms with van der Waals surface area (Å²) >= 11 is 0. The van der Waals surface area contributed by atoms with Crippen LogP contribution in [0.5, 0.6) is 11.5 Å². The van der Waals surface area contributed by atoms with Gasteiger partial charge in [0, 0.05) is 37.5 Å². The standard InChI is InChI=1S/C30H35F2N6O10P/c1-2-34-49(44,46-18-24-26(39)30(31,32)28(48-24)37-15-12-25(33)35-29(37)41)45-17-19-6-11-22(38(42)43)23(16-19)47-21-9-7-20(8-10-21)27(40)36-13-4-3-5-14-36/h6-12,15-16,24,26,28,39H,2-5,13-14,17-18H2,1H3,(H,34,44)(H2,33,35,41). The van der Waals surface area contributed by atoms with Gasteiger partial charge in [-0.2, -0.15) is 13.8 Å². The van der Waals surface area contributed by atoms with Crippen molar-refractivity contribution in [3.63, 3.8) is 0 Å². The first kappa shape index (κ1) is 36.0. The quantitative estimate of drug-likeness (QED) is 0.130. The number of nitrogens with zero attached hydrogens (tertiary/aromatic N) is 4. The van der Waals surface area contributed by atoms with Crippen molar-refractivity contribution in [2.75, 3.05) is 32.0 Å². The van der Waals surface area contributed by atoms with Crippen LogP contribution in [0.15, 0.2) is 59.5 Å². The molecular weight excluding hydrogens is 673 g/mol. The number of nitrogens with two attached hydrogens (primary N) is 1. The van der Waals surface area contributed by atoms with Crippen molar-refractivity contribution in [1.29, 1.82) is 0 Å². The topological polar surface area (TPSA) is 211 Å². The SMILES string of the molecule is CCNP(=O)(OCc1ccc([N+](=O)[O-])c(Oc2ccc(C(=O)N3CCCCC3)cc2)c1)OCC1OC(n2ccc(N)nc2=O)C(F)(F)C1O. The predicted octanol–water partition coefficient (Wildman–Crippen LogP) is 4.00. The number of benzene rings is 2. The second kappa shape index (κ2) is 15.1. The lowest BCUT2D eigenvalue weighted by molar-refractivity contribution is -0.385. The minimum atomic E-state index is -4.25. The molecule has 1 aromatic heterocycles. The Balaban J connectivity index is 1.25. The number of nitrogens with one attached hydrogen (secondary N) is 1. The third-order valence-corrected chi connectivity index (χ3v) is 9.50. The van der Waals surface area contributed by atoms with Gasteiger partial charge in [-0.15, -0.1) is 0 Å². The number of alkyl halides is 2. The first-order chi connectivity index (χ1) is 23.3. The van der Waals surface area contributed by atoms with Crippen LogP contribution >= 0.6 is 7.75 Å². The summed E-state index contributed by atoms with van der Waals surface area (Å²) in [5.74, 6) is -4.21. The van der Waals surface area contributed by atoms with Crippen molar-refractivity contribution in [2.45, 2.75) is 57.2 Å². The molecule has 2 aromatic carbocycles. The fourth-order valence-electron chi connectivity index (χ4n) is 5.32. The molecule has 264 valence electrons. The predicted molar refractivity (Wildman–Crippen MR) is 169 cm³/mol. The van der Waals surface area contributed by atoms with Crippen molar-refractivity contribution < 1.29 is 46.7 Å². The van der Waals surface area contributed by atoms with Crippen LogP contribution in [0.25, 0.3) is 0 Å². The van der Waals surface area contributed by atoms with E-state index in [1.54, 1.807) is 24.0 Å². The molecule has 0 bridgehead atoms.